The van der Waals surface area contributed by atoms with Gasteiger partial charge in [0.2, 0.25) is 0 Å². The topological polar surface area (TPSA) is 74.6 Å². The van der Waals surface area contributed by atoms with E-state index < -0.39 is 22.8 Å². The number of carboxylic acids is 2. The number of carboxylic acid groups (broad SMARTS) is 2. The van der Waals surface area contributed by atoms with Crippen LogP contribution in [0.4, 0.5) is 0 Å². The fraction of sp³-hybridized carbons (Fsp3) is 0.680. The van der Waals surface area contributed by atoms with Crippen LogP contribution in [-0.2, 0) is 22.4 Å². The van der Waals surface area contributed by atoms with Gasteiger partial charge in [0.05, 0.1) is 10.8 Å². The molecule has 0 bridgehead atoms. The van der Waals surface area contributed by atoms with Crippen LogP contribution in [0.15, 0.2) is 6.07 Å². The molecule has 1 fully saturated rings. The summed E-state index contributed by atoms with van der Waals surface area (Å²) >= 11 is 0. The molecule has 0 aliphatic heterocycles. The molecule has 4 heteroatoms. The van der Waals surface area contributed by atoms with Gasteiger partial charge in [-0.15, -0.1) is 0 Å². The zero-order valence-corrected chi connectivity index (χ0v) is 18.9. The highest BCUT2D eigenvalue weighted by molar-refractivity contribution is 5.77. The van der Waals surface area contributed by atoms with Crippen LogP contribution in [0.5, 0.6) is 0 Å². The first-order valence-electron chi connectivity index (χ1n) is 11.1. The van der Waals surface area contributed by atoms with Crippen LogP contribution in [0.3, 0.4) is 0 Å². The molecule has 1 aromatic carbocycles. The van der Waals surface area contributed by atoms with Gasteiger partial charge >= 0.3 is 11.9 Å². The van der Waals surface area contributed by atoms with E-state index in [1.54, 1.807) is 13.8 Å². The van der Waals surface area contributed by atoms with E-state index in [0.29, 0.717) is 6.42 Å². The number of aryl methyl sites for hydroxylation is 2. The second-order valence-electron chi connectivity index (χ2n) is 9.78. The average Bonchev–Trinajstić information content (AvgIpc) is 3.42. The standard InChI is InChI=1S/C25H38O4/c1-17-16-18(2)20(10-7-9-13-25(14-15-25)23(28)29)21(19(17)3)11-6-8-12-24(4,5)22(26)27/h16H,6-15H2,1-5H3,(H,26,27)(H,28,29). The predicted octanol–water partition coefficient (Wildman–Crippen LogP) is 6.01. The number of hydrogen-bond donors (Lipinski definition) is 2. The van der Waals surface area contributed by atoms with Crippen molar-refractivity contribution >= 4 is 11.9 Å². The highest BCUT2D eigenvalue weighted by Crippen LogP contribution is 2.50. The van der Waals surface area contributed by atoms with Crippen molar-refractivity contribution in [1.29, 1.82) is 0 Å². The number of aliphatic carboxylic acids is 2. The Hall–Kier alpha value is -1.84. The predicted molar refractivity (Wildman–Crippen MR) is 116 cm³/mol. The Bertz CT molecular complexity index is 757. The summed E-state index contributed by atoms with van der Waals surface area (Å²) in [6.45, 7) is 10.1. The minimum Gasteiger partial charge on any atom is -0.481 e. The third-order valence-corrected chi connectivity index (χ3v) is 7.01. The first-order chi connectivity index (χ1) is 13.5. The van der Waals surface area contributed by atoms with Crippen LogP contribution in [0, 0.1) is 31.6 Å². The third kappa shape index (κ3) is 5.83. The summed E-state index contributed by atoms with van der Waals surface area (Å²) in [5.41, 5.74) is 5.76. The van der Waals surface area contributed by atoms with Crippen LogP contribution >= 0.6 is 0 Å². The van der Waals surface area contributed by atoms with Crippen molar-refractivity contribution in [3.05, 3.63) is 33.9 Å². The molecule has 1 aromatic rings. The molecular weight excluding hydrogens is 364 g/mol. The van der Waals surface area contributed by atoms with Crippen LogP contribution in [0.1, 0.15) is 93.0 Å². The number of rotatable bonds is 12. The SMILES string of the molecule is Cc1cc(C)c(CCCCC2(C(=O)O)CC2)c(CCCCC(C)(C)C(=O)O)c1C. The number of carbonyl (C=O) groups is 2. The molecule has 1 aliphatic carbocycles. The average molecular weight is 403 g/mol. The molecule has 2 N–H and O–H groups in total. The molecule has 0 atom stereocenters. The van der Waals surface area contributed by atoms with Crippen LogP contribution in [0.25, 0.3) is 0 Å². The Morgan fingerprint density at radius 3 is 2.07 bits per heavy atom. The van der Waals surface area contributed by atoms with Crippen molar-refractivity contribution in [2.75, 3.05) is 0 Å². The van der Waals surface area contributed by atoms with E-state index in [9.17, 15) is 19.8 Å². The quantitative estimate of drug-likeness (QED) is 0.420. The Balaban J connectivity index is 1.97. The van der Waals surface area contributed by atoms with E-state index in [1.165, 1.54) is 27.8 Å². The summed E-state index contributed by atoms with van der Waals surface area (Å²) in [7, 11) is 0. The lowest BCUT2D eigenvalue weighted by Crippen LogP contribution is -2.23. The lowest BCUT2D eigenvalue weighted by atomic mass is 9.84. The Labute approximate surface area is 175 Å². The van der Waals surface area contributed by atoms with E-state index in [1.807, 2.05) is 0 Å². The molecule has 162 valence electrons. The molecule has 4 nitrogen and oxygen atoms in total. The van der Waals surface area contributed by atoms with E-state index in [0.717, 1.165) is 57.8 Å². The molecule has 0 saturated heterocycles. The molecular formula is C25H38O4. The molecule has 29 heavy (non-hydrogen) atoms. The molecule has 0 heterocycles. The van der Waals surface area contributed by atoms with Crippen molar-refractivity contribution in [2.45, 2.75) is 98.8 Å². The second kappa shape index (κ2) is 9.32. The van der Waals surface area contributed by atoms with Crippen molar-refractivity contribution in [2.24, 2.45) is 10.8 Å². The van der Waals surface area contributed by atoms with Gasteiger partial charge in [0.25, 0.3) is 0 Å². The maximum atomic E-state index is 11.4. The maximum absolute atomic E-state index is 11.4. The summed E-state index contributed by atoms with van der Waals surface area (Å²) < 4.78 is 0. The zero-order chi connectivity index (χ0) is 21.8. The van der Waals surface area contributed by atoms with E-state index in [2.05, 4.69) is 26.8 Å². The van der Waals surface area contributed by atoms with Gasteiger partial charge in [-0.3, -0.25) is 9.59 Å². The molecule has 1 saturated carbocycles. The smallest absolute Gasteiger partial charge is 0.309 e. The first kappa shape index (κ1) is 23.4. The fourth-order valence-electron chi connectivity index (χ4n) is 4.37. The number of benzene rings is 1. The summed E-state index contributed by atoms with van der Waals surface area (Å²) in [5, 5.41) is 18.6. The first-order valence-corrected chi connectivity index (χ1v) is 11.1. The molecule has 0 amide bonds. The number of hydrogen-bond acceptors (Lipinski definition) is 2. The van der Waals surface area contributed by atoms with Gasteiger partial charge in [-0.05, 0) is 114 Å². The van der Waals surface area contributed by atoms with Crippen molar-refractivity contribution in [1.82, 2.24) is 0 Å². The van der Waals surface area contributed by atoms with Crippen LogP contribution < -0.4 is 0 Å². The Morgan fingerprint density at radius 1 is 0.931 bits per heavy atom. The minimum atomic E-state index is -0.726. The van der Waals surface area contributed by atoms with Gasteiger partial charge in [0.1, 0.15) is 0 Å². The Kier molecular flexibility index (Phi) is 7.53. The van der Waals surface area contributed by atoms with E-state index in [-0.39, 0.29) is 0 Å². The summed E-state index contributed by atoms with van der Waals surface area (Å²) in [4.78, 5) is 22.7. The zero-order valence-electron chi connectivity index (χ0n) is 18.9. The summed E-state index contributed by atoms with van der Waals surface area (Å²) in [6, 6.07) is 2.27. The fourth-order valence-corrected chi connectivity index (χ4v) is 4.37. The lowest BCUT2D eigenvalue weighted by molar-refractivity contribution is -0.147. The third-order valence-electron chi connectivity index (χ3n) is 7.01. The molecule has 2 rings (SSSR count). The summed E-state index contributed by atoms with van der Waals surface area (Å²) in [6.07, 6.45) is 9.04. The molecule has 0 unspecified atom stereocenters. The highest BCUT2D eigenvalue weighted by atomic mass is 16.4. The van der Waals surface area contributed by atoms with Gasteiger partial charge in [-0.1, -0.05) is 18.9 Å². The lowest BCUT2D eigenvalue weighted by Gasteiger charge is -2.21. The number of unbranched alkanes of at least 4 members (excludes halogenated alkanes) is 2. The van der Waals surface area contributed by atoms with Crippen LogP contribution in [0.2, 0.25) is 0 Å². The van der Waals surface area contributed by atoms with E-state index >= 15 is 0 Å². The molecule has 0 radical (unpaired) electrons. The minimum absolute atomic E-state index is 0.419. The molecule has 0 aromatic heterocycles. The van der Waals surface area contributed by atoms with E-state index in [4.69, 9.17) is 0 Å². The molecule has 1 aliphatic rings. The second-order valence-corrected chi connectivity index (χ2v) is 9.78. The van der Waals surface area contributed by atoms with Crippen molar-refractivity contribution < 1.29 is 19.8 Å². The summed E-state index contributed by atoms with van der Waals surface area (Å²) in [5.74, 6) is -1.35. The van der Waals surface area contributed by atoms with Crippen molar-refractivity contribution in [3.8, 4) is 0 Å². The van der Waals surface area contributed by atoms with Crippen LogP contribution in [-0.4, -0.2) is 22.2 Å². The van der Waals surface area contributed by atoms with Gasteiger partial charge in [0.15, 0.2) is 0 Å². The van der Waals surface area contributed by atoms with Gasteiger partial charge < -0.3 is 10.2 Å². The molecule has 0 spiro atoms. The Morgan fingerprint density at radius 2 is 1.52 bits per heavy atom. The largest absolute Gasteiger partial charge is 0.481 e. The van der Waals surface area contributed by atoms with Gasteiger partial charge in [-0.25, -0.2) is 0 Å². The van der Waals surface area contributed by atoms with Crippen molar-refractivity contribution in [3.63, 3.8) is 0 Å². The maximum Gasteiger partial charge on any atom is 0.309 e. The monoisotopic (exact) mass is 402 g/mol. The van der Waals surface area contributed by atoms with Gasteiger partial charge in [-0.2, -0.15) is 0 Å². The normalized spacial score (nSPS) is 15.3. The highest BCUT2D eigenvalue weighted by Gasteiger charge is 2.49. The van der Waals surface area contributed by atoms with Gasteiger partial charge in [0, 0.05) is 0 Å².